The second kappa shape index (κ2) is 5.64. The van der Waals surface area contributed by atoms with E-state index in [-0.39, 0.29) is 6.04 Å². The first-order chi connectivity index (χ1) is 8.77. The first-order valence-corrected chi connectivity index (χ1v) is 5.97. The minimum absolute atomic E-state index is 0.0560. The van der Waals surface area contributed by atoms with E-state index in [1.807, 2.05) is 23.9 Å². The smallest absolute Gasteiger partial charge is 0.142 e. The van der Waals surface area contributed by atoms with Crippen molar-refractivity contribution >= 4 is 0 Å². The van der Waals surface area contributed by atoms with Crippen molar-refractivity contribution in [1.82, 2.24) is 20.1 Å². The molecule has 0 aliphatic rings. The lowest BCUT2D eigenvalue weighted by molar-refractivity contribution is 0.400. The monoisotopic (exact) mass is 246 g/mol. The molecule has 0 saturated carbocycles. The van der Waals surface area contributed by atoms with E-state index in [1.54, 1.807) is 25.7 Å². The van der Waals surface area contributed by atoms with Crippen LogP contribution in [0.2, 0.25) is 0 Å². The molecule has 0 bridgehead atoms. The van der Waals surface area contributed by atoms with E-state index in [2.05, 4.69) is 22.3 Å². The van der Waals surface area contributed by atoms with E-state index in [0.717, 1.165) is 23.6 Å². The van der Waals surface area contributed by atoms with E-state index in [1.165, 1.54) is 0 Å². The summed E-state index contributed by atoms with van der Waals surface area (Å²) >= 11 is 0. The molecule has 5 heteroatoms. The summed E-state index contributed by atoms with van der Waals surface area (Å²) in [6.07, 6.45) is 5.31. The molecule has 18 heavy (non-hydrogen) atoms. The number of aryl methyl sites for hydroxylation is 1. The third kappa shape index (κ3) is 2.36. The van der Waals surface area contributed by atoms with Crippen molar-refractivity contribution in [2.75, 3.05) is 13.7 Å². The zero-order valence-corrected chi connectivity index (χ0v) is 10.9. The maximum absolute atomic E-state index is 5.38. The van der Waals surface area contributed by atoms with Gasteiger partial charge in [-0.25, -0.2) is 0 Å². The van der Waals surface area contributed by atoms with Crippen molar-refractivity contribution < 1.29 is 4.74 Å². The zero-order chi connectivity index (χ0) is 13.0. The number of aromatic nitrogens is 3. The molecule has 2 heterocycles. The van der Waals surface area contributed by atoms with Gasteiger partial charge in [0.1, 0.15) is 5.75 Å². The Bertz CT molecular complexity index is 509. The zero-order valence-electron chi connectivity index (χ0n) is 10.9. The van der Waals surface area contributed by atoms with Gasteiger partial charge in [-0.2, -0.15) is 5.10 Å². The van der Waals surface area contributed by atoms with Crippen molar-refractivity contribution in [3.05, 3.63) is 42.0 Å². The number of rotatable bonds is 5. The van der Waals surface area contributed by atoms with E-state index in [4.69, 9.17) is 4.74 Å². The van der Waals surface area contributed by atoms with Crippen LogP contribution in [0.5, 0.6) is 5.75 Å². The third-order valence-electron chi connectivity index (χ3n) is 2.91. The lowest BCUT2D eigenvalue weighted by Crippen LogP contribution is -2.24. The van der Waals surface area contributed by atoms with Crippen LogP contribution in [0, 0.1) is 0 Å². The molecular formula is C13H18N4O. The molecular weight excluding hydrogens is 228 g/mol. The summed E-state index contributed by atoms with van der Waals surface area (Å²) in [6.45, 7) is 2.94. The first-order valence-electron chi connectivity index (χ1n) is 5.97. The highest BCUT2D eigenvalue weighted by molar-refractivity contribution is 5.37. The Morgan fingerprint density at radius 2 is 2.22 bits per heavy atom. The average molecular weight is 246 g/mol. The molecule has 0 spiro atoms. The fourth-order valence-electron chi connectivity index (χ4n) is 2.05. The van der Waals surface area contributed by atoms with Gasteiger partial charge in [0.15, 0.2) is 0 Å². The second-order valence-corrected chi connectivity index (χ2v) is 3.99. The molecule has 5 nitrogen and oxygen atoms in total. The van der Waals surface area contributed by atoms with Crippen molar-refractivity contribution in [3.8, 4) is 5.75 Å². The average Bonchev–Trinajstić information content (AvgIpc) is 2.82. The standard InChI is InChI=1S/C13H18N4O/c1-4-15-13(11-6-8-16-17(11)2)10-5-7-14-9-12(10)18-3/h5-9,13,15H,4H2,1-3H3. The Hall–Kier alpha value is -1.88. The number of ether oxygens (including phenoxy) is 1. The molecule has 1 unspecified atom stereocenters. The molecule has 96 valence electrons. The number of methoxy groups -OCH3 is 1. The summed E-state index contributed by atoms with van der Waals surface area (Å²) in [4.78, 5) is 4.09. The molecule has 0 fully saturated rings. The largest absolute Gasteiger partial charge is 0.495 e. The SMILES string of the molecule is CCNC(c1ccncc1OC)c1ccnn1C. The van der Waals surface area contributed by atoms with Crippen LogP contribution in [0.1, 0.15) is 24.2 Å². The van der Waals surface area contributed by atoms with Crippen molar-refractivity contribution in [2.45, 2.75) is 13.0 Å². The first kappa shape index (κ1) is 12.6. The molecule has 0 radical (unpaired) electrons. The number of hydrogen-bond donors (Lipinski definition) is 1. The molecule has 0 aliphatic carbocycles. The Morgan fingerprint density at radius 3 is 2.83 bits per heavy atom. The molecule has 2 aromatic rings. The van der Waals surface area contributed by atoms with Gasteiger partial charge >= 0.3 is 0 Å². The third-order valence-corrected chi connectivity index (χ3v) is 2.91. The highest BCUT2D eigenvalue weighted by atomic mass is 16.5. The molecule has 2 rings (SSSR count). The maximum atomic E-state index is 5.38. The van der Waals surface area contributed by atoms with Crippen LogP contribution in [0.4, 0.5) is 0 Å². The van der Waals surface area contributed by atoms with Gasteiger partial charge in [-0.3, -0.25) is 9.67 Å². The van der Waals surface area contributed by atoms with Gasteiger partial charge in [-0.15, -0.1) is 0 Å². The van der Waals surface area contributed by atoms with Gasteiger partial charge < -0.3 is 10.1 Å². The summed E-state index contributed by atoms with van der Waals surface area (Å²) in [7, 11) is 3.60. The molecule has 0 aliphatic heterocycles. The fraction of sp³-hybridized carbons (Fsp3) is 0.385. The summed E-state index contributed by atoms with van der Waals surface area (Å²) in [5.74, 6) is 0.782. The summed E-state index contributed by atoms with van der Waals surface area (Å²) in [5.41, 5.74) is 2.17. The lowest BCUT2D eigenvalue weighted by atomic mass is 10.0. The van der Waals surface area contributed by atoms with E-state index in [9.17, 15) is 0 Å². The van der Waals surface area contributed by atoms with Crippen LogP contribution in [0.3, 0.4) is 0 Å². The minimum Gasteiger partial charge on any atom is -0.495 e. The van der Waals surface area contributed by atoms with Gasteiger partial charge in [-0.05, 0) is 18.7 Å². The highest BCUT2D eigenvalue weighted by Crippen LogP contribution is 2.28. The van der Waals surface area contributed by atoms with Gasteiger partial charge in [0.25, 0.3) is 0 Å². The number of nitrogens with zero attached hydrogens (tertiary/aromatic N) is 3. The van der Waals surface area contributed by atoms with Crippen LogP contribution >= 0.6 is 0 Å². The van der Waals surface area contributed by atoms with Crippen molar-refractivity contribution in [3.63, 3.8) is 0 Å². The van der Waals surface area contributed by atoms with E-state index < -0.39 is 0 Å². The van der Waals surface area contributed by atoms with E-state index >= 15 is 0 Å². The summed E-state index contributed by atoms with van der Waals surface area (Å²) in [6, 6.07) is 4.03. The van der Waals surface area contributed by atoms with Crippen LogP contribution in [0.25, 0.3) is 0 Å². The summed E-state index contributed by atoms with van der Waals surface area (Å²) < 4.78 is 7.25. The fourth-order valence-corrected chi connectivity index (χ4v) is 2.05. The topological polar surface area (TPSA) is 52.0 Å². The minimum atomic E-state index is 0.0560. The van der Waals surface area contributed by atoms with Crippen LogP contribution < -0.4 is 10.1 Å². The highest BCUT2D eigenvalue weighted by Gasteiger charge is 2.19. The molecule has 0 amide bonds. The molecule has 1 atom stereocenters. The normalized spacial score (nSPS) is 12.4. The summed E-state index contributed by atoms with van der Waals surface area (Å²) in [5, 5.41) is 7.67. The number of hydrogen-bond acceptors (Lipinski definition) is 4. The van der Waals surface area contributed by atoms with Crippen LogP contribution in [-0.2, 0) is 7.05 Å². The van der Waals surface area contributed by atoms with Gasteiger partial charge in [-0.1, -0.05) is 6.92 Å². The maximum Gasteiger partial charge on any atom is 0.142 e. The molecule has 0 aromatic carbocycles. The van der Waals surface area contributed by atoms with Gasteiger partial charge in [0.2, 0.25) is 0 Å². The predicted octanol–water partition coefficient (Wildman–Crippen LogP) is 1.52. The Balaban J connectivity index is 2.45. The van der Waals surface area contributed by atoms with Crippen LogP contribution in [0.15, 0.2) is 30.7 Å². The van der Waals surface area contributed by atoms with Crippen LogP contribution in [-0.4, -0.2) is 28.4 Å². The lowest BCUT2D eigenvalue weighted by Gasteiger charge is -2.20. The Kier molecular flexibility index (Phi) is 3.94. The predicted molar refractivity (Wildman–Crippen MR) is 69.5 cm³/mol. The van der Waals surface area contributed by atoms with Crippen molar-refractivity contribution in [2.24, 2.45) is 7.05 Å². The number of pyridine rings is 1. The Morgan fingerprint density at radius 1 is 1.39 bits per heavy atom. The van der Waals surface area contributed by atoms with Gasteiger partial charge in [0, 0.05) is 25.0 Å². The number of nitrogens with one attached hydrogen (secondary N) is 1. The Labute approximate surface area is 107 Å². The van der Waals surface area contributed by atoms with Gasteiger partial charge in [0.05, 0.1) is 25.0 Å². The molecule has 1 N–H and O–H groups in total. The quantitative estimate of drug-likeness (QED) is 0.869. The second-order valence-electron chi connectivity index (χ2n) is 3.99. The molecule has 0 saturated heterocycles. The van der Waals surface area contributed by atoms with E-state index in [0.29, 0.717) is 0 Å². The molecule has 2 aromatic heterocycles. The van der Waals surface area contributed by atoms with Crippen molar-refractivity contribution in [1.29, 1.82) is 0 Å².